The Bertz CT molecular complexity index is 405. The number of nitrogens with two attached hydrogens (primary N) is 2. The van der Waals surface area contributed by atoms with E-state index in [9.17, 15) is 4.79 Å². The third-order valence-corrected chi connectivity index (χ3v) is 2.53. The molecule has 0 saturated carbocycles. The van der Waals surface area contributed by atoms with Crippen molar-refractivity contribution < 1.29 is 9.90 Å². The predicted octanol–water partition coefficient (Wildman–Crippen LogP) is 0.694. The fourth-order valence-electron chi connectivity index (χ4n) is 1.63. The molecule has 0 aliphatic heterocycles. The van der Waals surface area contributed by atoms with Gasteiger partial charge in [-0.1, -0.05) is 0 Å². The minimum Gasteiger partial charge on any atom is -0.399 e. The maximum Gasteiger partial charge on any atom is 0.256 e. The van der Waals surface area contributed by atoms with Crippen LogP contribution in [0, 0.1) is 0 Å². The first-order chi connectivity index (χ1) is 7.97. The second-order valence-electron chi connectivity index (χ2n) is 4.16. The number of anilines is 2. The largest absolute Gasteiger partial charge is 0.399 e. The molecule has 1 aromatic carbocycles. The molecule has 0 atom stereocenters. The SMILES string of the molecule is CC(C)N(CCO)C(=O)c1ccc(N)cc1N. The number of nitrogen functional groups attached to an aromatic ring is 2. The van der Waals surface area contributed by atoms with Crippen LogP contribution in [0.3, 0.4) is 0 Å². The van der Waals surface area contributed by atoms with Gasteiger partial charge in [-0.25, -0.2) is 0 Å². The average molecular weight is 237 g/mol. The molecule has 94 valence electrons. The zero-order chi connectivity index (χ0) is 13.0. The van der Waals surface area contributed by atoms with Gasteiger partial charge in [0.1, 0.15) is 0 Å². The molecule has 5 nitrogen and oxygen atoms in total. The zero-order valence-corrected chi connectivity index (χ0v) is 10.2. The van der Waals surface area contributed by atoms with Crippen molar-refractivity contribution in [3.8, 4) is 0 Å². The molecule has 0 aliphatic carbocycles. The van der Waals surface area contributed by atoms with E-state index in [1.54, 1.807) is 23.1 Å². The highest BCUT2D eigenvalue weighted by Crippen LogP contribution is 2.18. The monoisotopic (exact) mass is 237 g/mol. The van der Waals surface area contributed by atoms with Crippen molar-refractivity contribution in [1.82, 2.24) is 4.90 Å². The Morgan fingerprint density at radius 3 is 2.53 bits per heavy atom. The average Bonchev–Trinajstić information content (AvgIpc) is 2.24. The van der Waals surface area contributed by atoms with Gasteiger partial charge in [0.05, 0.1) is 12.2 Å². The number of benzene rings is 1. The normalized spacial score (nSPS) is 10.6. The first-order valence-electron chi connectivity index (χ1n) is 5.54. The fraction of sp³-hybridized carbons (Fsp3) is 0.417. The fourth-order valence-corrected chi connectivity index (χ4v) is 1.63. The summed E-state index contributed by atoms with van der Waals surface area (Å²) in [5, 5.41) is 8.95. The summed E-state index contributed by atoms with van der Waals surface area (Å²) in [5.41, 5.74) is 12.6. The van der Waals surface area contributed by atoms with Crippen molar-refractivity contribution in [3.63, 3.8) is 0 Å². The van der Waals surface area contributed by atoms with E-state index in [0.29, 0.717) is 23.5 Å². The lowest BCUT2D eigenvalue weighted by Crippen LogP contribution is -2.39. The maximum absolute atomic E-state index is 12.2. The minimum atomic E-state index is -0.188. The number of carbonyl (C=O) groups is 1. The molecule has 5 heteroatoms. The Morgan fingerprint density at radius 2 is 2.06 bits per heavy atom. The van der Waals surface area contributed by atoms with Crippen molar-refractivity contribution in [3.05, 3.63) is 23.8 Å². The molecule has 1 amide bonds. The van der Waals surface area contributed by atoms with E-state index in [0.717, 1.165) is 0 Å². The van der Waals surface area contributed by atoms with Crippen molar-refractivity contribution >= 4 is 17.3 Å². The predicted molar refractivity (Wildman–Crippen MR) is 68.5 cm³/mol. The minimum absolute atomic E-state index is 0.00611. The number of aliphatic hydroxyl groups is 1. The van der Waals surface area contributed by atoms with Crippen molar-refractivity contribution in [2.75, 3.05) is 24.6 Å². The first kappa shape index (κ1) is 13.3. The van der Waals surface area contributed by atoms with Crippen molar-refractivity contribution in [2.24, 2.45) is 0 Å². The number of carbonyl (C=O) groups excluding carboxylic acids is 1. The third kappa shape index (κ3) is 3.10. The van der Waals surface area contributed by atoms with Crippen LogP contribution in [0.5, 0.6) is 0 Å². The number of aliphatic hydroxyl groups excluding tert-OH is 1. The smallest absolute Gasteiger partial charge is 0.256 e. The molecule has 0 saturated heterocycles. The Labute approximate surface area is 101 Å². The van der Waals surface area contributed by atoms with Gasteiger partial charge in [-0.2, -0.15) is 0 Å². The highest BCUT2D eigenvalue weighted by Gasteiger charge is 2.20. The molecule has 0 radical (unpaired) electrons. The van der Waals surface area contributed by atoms with Crippen LogP contribution in [0.15, 0.2) is 18.2 Å². The molecule has 1 rings (SSSR count). The van der Waals surface area contributed by atoms with Crippen LogP contribution in [-0.4, -0.2) is 35.1 Å². The summed E-state index contributed by atoms with van der Waals surface area (Å²) in [7, 11) is 0. The zero-order valence-electron chi connectivity index (χ0n) is 10.2. The van der Waals surface area contributed by atoms with E-state index in [4.69, 9.17) is 16.6 Å². The number of rotatable bonds is 4. The van der Waals surface area contributed by atoms with Gasteiger partial charge >= 0.3 is 0 Å². The molecule has 0 spiro atoms. The standard InChI is InChI=1S/C12H19N3O2/c1-8(2)15(5-6-16)12(17)10-4-3-9(13)7-11(10)14/h3-4,7-8,16H,5-6,13-14H2,1-2H3. The van der Waals surface area contributed by atoms with E-state index >= 15 is 0 Å². The highest BCUT2D eigenvalue weighted by molar-refractivity contribution is 5.99. The highest BCUT2D eigenvalue weighted by atomic mass is 16.3. The Hall–Kier alpha value is -1.75. The molecular formula is C12H19N3O2. The molecule has 0 bridgehead atoms. The Kier molecular flexibility index (Phi) is 4.34. The van der Waals surface area contributed by atoms with E-state index < -0.39 is 0 Å². The third-order valence-electron chi connectivity index (χ3n) is 2.53. The number of hydrogen-bond donors (Lipinski definition) is 3. The molecular weight excluding hydrogens is 218 g/mol. The lowest BCUT2D eigenvalue weighted by molar-refractivity contribution is 0.0666. The van der Waals surface area contributed by atoms with Gasteiger partial charge in [0.25, 0.3) is 5.91 Å². The maximum atomic E-state index is 12.2. The molecule has 0 unspecified atom stereocenters. The van der Waals surface area contributed by atoms with E-state index in [-0.39, 0.29) is 18.6 Å². The lowest BCUT2D eigenvalue weighted by Gasteiger charge is -2.26. The summed E-state index contributed by atoms with van der Waals surface area (Å²) in [6.45, 7) is 4.00. The van der Waals surface area contributed by atoms with E-state index in [2.05, 4.69) is 0 Å². The van der Waals surface area contributed by atoms with Crippen LogP contribution in [0.1, 0.15) is 24.2 Å². The van der Waals surface area contributed by atoms with Gasteiger partial charge in [-0.05, 0) is 32.0 Å². The van der Waals surface area contributed by atoms with Crippen LogP contribution in [0.4, 0.5) is 11.4 Å². The van der Waals surface area contributed by atoms with Gasteiger partial charge in [-0.3, -0.25) is 4.79 Å². The lowest BCUT2D eigenvalue weighted by atomic mass is 10.1. The molecule has 0 aromatic heterocycles. The van der Waals surface area contributed by atoms with Gasteiger partial charge < -0.3 is 21.5 Å². The molecule has 17 heavy (non-hydrogen) atoms. The van der Waals surface area contributed by atoms with Crippen LogP contribution in [-0.2, 0) is 0 Å². The summed E-state index contributed by atoms with van der Waals surface area (Å²) in [6, 6.07) is 4.82. The molecule has 1 aromatic rings. The summed E-state index contributed by atoms with van der Waals surface area (Å²) in [4.78, 5) is 13.8. The summed E-state index contributed by atoms with van der Waals surface area (Å²) in [5.74, 6) is -0.188. The number of hydrogen-bond acceptors (Lipinski definition) is 4. The topological polar surface area (TPSA) is 92.6 Å². The van der Waals surface area contributed by atoms with Crippen molar-refractivity contribution in [2.45, 2.75) is 19.9 Å². The van der Waals surface area contributed by atoms with Crippen LogP contribution >= 0.6 is 0 Å². The van der Waals surface area contributed by atoms with Gasteiger partial charge in [0, 0.05) is 24.0 Å². The molecule has 5 N–H and O–H groups in total. The number of nitrogens with zero attached hydrogens (tertiary/aromatic N) is 1. The van der Waals surface area contributed by atoms with Gasteiger partial charge in [0.2, 0.25) is 0 Å². The summed E-state index contributed by atoms with van der Waals surface area (Å²) < 4.78 is 0. The molecule has 0 heterocycles. The Morgan fingerprint density at radius 1 is 1.41 bits per heavy atom. The summed E-state index contributed by atoms with van der Waals surface area (Å²) in [6.07, 6.45) is 0. The van der Waals surface area contributed by atoms with Crippen LogP contribution in [0.2, 0.25) is 0 Å². The summed E-state index contributed by atoms with van der Waals surface area (Å²) >= 11 is 0. The Balaban J connectivity index is 3.01. The molecule has 0 fully saturated rings. The van der Waals surface area contributed by atoms with E-state index in [1.165, 1.54) is 0 Å². The van der Waals surface area contributed by atoms with Crippen molar-refractivity contribution in [1.29, 1.82) is 0 Å². The van der Waals surface area contributed by atoms with Crippen LogP contribution < -0.4 is 11.5 Å². The molecule has 0 aliphatic rings. The second-order valence-corrected chi connectivity index (χ2v) is 4.16. The van der Waals surface area contributed by atoms with Crippen LogP contribution in [0.25, 0.3) is 0 Å². The first-order valence-corrected chi connectivity index (χ1v) is 5.54. The van der Waals surface area contributed by atoms with Gasteiger partial charge in [0.15, 0.2) is 0 Å². The van der Waals surface area contributed by atoms with Gasteiger partial charge in [-0.15, -0.1) is 0 Å². The second kappa shape index (κ2) is 5.54. The quantitative estimate of drug-likeness (QED) is 0.672. The number of amides is 1. The van der Waals surface area contributed by atoms with E-state index in [1.807, 2.05) is 13.8 Å².